The highest BCUT2D eigenvalue weighted by atomic mass is 79.9. The van der Waals surface area contributed by atoms with Crippen molar-refractivity contribution in [3.63, 3.8) is 0 Å². The van der Waals surface area contributed by atoms with Gasteiger partial charge in [-0.15, -0.1) is 11.3 Å². The maximum Gasteiger partial charge on any atom is 0.167 e. The van der Waals surface area contributed by atoms with Crippen LogP contribution in [0.2, 0.25) is 5.02 Å². The fourth-order valence-electron chi connectivity index (χ4n) is 3.93. The molecule has 188 valence electrons. The first kappa shape index (κ1) is 25.5. The van der Waals surface area contributed by atoms with Crippen molar-refractivity contribution < 1.29 is 13.9 Å². The second-order valence-electron chi connectivity index (χ2n) is 8.50. The Balaban J connectivity index is 1.33. The molecule has 5 aromatic rings. The molecule has 0 amide bonds. The van der Waals surface area contributed by atoms with Gasteiger partial charge >= 0.3 is 0 Å². The number of hydrogen-bond acceptors (Lipinski definition) is 5. The fraction of sp³-hybridized carbons (Fsp3) is 0.138. The van der Waals surface area contributed by atoms with Gasteiger partial charge in [-0.25, -0.2) is 9.37 Å². The number of methoxy groups -OCH3 is 1. The summed E-state index contributed by atoms with van der Waals surface area (Å²) in [6, 6.07) is 22.6. The summed E-state index contributed by atoms with van der Waals surface area (Å²) < 4.78 is 27.2. The van der Waals surface area contributed by atoms with Gasteiger partial charge in [-0.1, -0.05) is 39.7 Å². The Morgan fingerprint density at radius 2 is 1.84 bits per heavy atom. The van der Waals surface area contributed by atoms with Crippen molar-refractivity contribution in [2.24, 2.45) is 0 Å². The lowest BCUT2D eigenvalue weighted by atomic mass is 10.1. The number of rotatable bonds is 8. The van der Waals surface area contributed by atoms with Crippen LogP contribution in [-0.2, 0) is 13.2 Å². The van der Waals surface area contributed by atoms with Gasteiger partial charge in [0.1, 0.15) is 17.4 Å². The van der Waals surface area contributed by atoms with Crippen LogP contribution in [0, 0.1) is 12.7 Å². The molecule has 0 aliphatic carbocycles. The molecular weight excluding hydrogens is 575 g/mol. The van der Waals surface area contributed by atoms with Crippen LogP contribution >= 0.6 is 38.9 Å². The maximum atomic E-state index is 13.4. The normalized spacial score (nSPS) is 11.1. The quantitative estimate of drug-likeness (QED) is 0.194. The van der Waals surface area contributed by atoms with E-state index in [1.54, 1.807) is 24.5 Å². The van der Waals surface area contributed by atoms with E-state index in [1.807, 2.05) is 24.3 Å². The lowest BCUT2D eigenvalue weighted by Gasteiger charge is -2.18. The van der Waals surface area contributed by atoms with Crippen molar-refractivity contribution in [2.75, 3.05) is 12.4 Å². The molecule has 1 aromatic heterocycles. The first-order valence-corrected chi connectivity index (χ1v) is 13.5. The van der Waals surface area contributed by atoms with Crippen molar-refractivity contribution in [3.8, 4) is 22.1 Å². The predicted molar refractivity (Wildman–Crippen MR) is 154 cm³/mol. The number of ether oxygens (including phenoxy) is 2. The number of fused-ring (bicyclic) bond motifs is 1. The Bertz CT molecular complexity index is 1570. The molecule has 5 rings (SSSR count). The van der Waals surface area contributed by atoms with Crippen molar-refractivity contribution >= 4 is 54.8 Å². The predicted octanol–water partition coefficient (Wildman–Crippen LogP) is 9.03. The van der Waals surface area contributed by atoms with Crippen LogP contribution in [0.1, 0.15) is 16.7 Å². The van der Waals surface area contributed by atoms with Crippen LogP contribution in [0.4, 0.5) is 10.1 Å². The molecule has 0 atom stereocenters. The Labute approximate surface area is 232 Å². The molecule has 4 nitrogen and oxygen atoms in total. The van der Waals surface area contributed by atoms with E-state index in [9.17, 15) is 4.39 Å². The van der Waals surface area contributed by atoms with Gasteiger partial charge in [0.15, 0.2) is 11.5 Å². The molecule has 0 aliphatic heterocycles. The smallest absolute Gasteiger partial charge is 0.167 e. The summed E-state index contributed by atoms with van der Waals surface area (Å²) >= 11 is 11.5. The molecule has 0 saturated carbocycles. The number of aryl methyl sites for hydroxylation is 1. The summed E-state index contributed by atoms with van der Waals surface area (Å²) in [4.78, 5) is 4.78. The number of halogens is 3. The van der Waals surface area contributed by atoms with Crippen molar-refractivity contribution in [3.05, 3.63) is 105 Å². The van der Waals surface area contributed by atoms with Crippen LogP contribution in [0.15, 0.2) is 77.3 Å². The number of nitrogens with zero attached hydrogens (tertiary/aromatic N) is 1. The minimum absolute atomic E-state index is 0.176. The summed E-state index contributed by atoms with van der Waals surface area (Å²) in [5.41, 5.74) is 5.86. The second kappa shape index (κ2) is 11.1. The van der Waals surface area contributed by atoms with E-state index in [0.717, 1.165) is 31.8 Å². The van der Waals surface area contributed by atoms with E-state index in [0.29, 0.717) is 28.6 Å². The van der Waals surface area contributed by atoms with Gasteiger partial charge in [0.05, 0.1) is 22.3 Å². The third kappa shape index (κ3) is 5.74. The molecular formula is C29H23BrClFN2O2S. The highest BCUT2D eigenvalue weighted by molar-refractivity contribution is 9.10. The molecule has 1 N–H and O–H groups in total. The van der Waals surface area contributed by atoms with Crippen molar-refractivity contribution in [1.29, 1.82) is 0 Å². The molecule has 0 fully saturated rings. The molecule has 0 radical (unpaired) electrons. The molecule has 0 saturated heterocycles. The zero-order valence-corrected chi connectivity index (χ0v) is 23.3. The van der Waals surface area contributed by atoms with Gasteiger partial charge < -0.3 is 14.8 Å². The lowest BCUT2D eigenvalue weighted by Crippen LogP contribution is -2.06. The lowest BCUT2D eigenvalue weighted by molar-refractivity contribution is 0.281. The SMILES string of the molecule is COc1ccc(Br)c(CNc2ccc(-c3nc4ccc(C)cc4s3)cc2)c1OCc1ccc(F)cc1Cl. The van der Waals surface area contributed by atoms with Gasteiger partial charge in [-0.3, -0.25) is 0 Å². The average Bonchev–Trinajstić information content (AvgIpc) is 3.31. The van der Waals surface area contributed by atoms with E-state index in [1.165, 1.54) is 22.4 Å². The third-order valence-electron chi connectivity index (χ3n) is 5.92. The number of benzene rings is 4. The van der Waals surface area contributed by atoms with Crippen molar-refractivity contribution in [2.45, 2.75) is 20.1 Å². The molecule has 4 aromatic carbocycles. The average molecular weight is 598 g/mol. The molecule has 0 bridgehead atoms. The third-order valence-corrected chi connectivity index (χ3v) is 8.08. The number of nitrogens with one attached hydrogen (secondary N) is 1. The van der Waals surface area contributed by atoms with E-state index in [2.05, 4.69) is 58.5 Å². The highest BCUT2D eigenvalue weighted by Crippen LogP contribution is 2.38. The summed E-state index contributed by atoms with van der Waals surface area (Å²) in [7, 11) is 1.60. The van der Waals surface area contributed by atoms with E-state index >= 15 is 0 Å². The van der Waals surface area contributed by atoms with Gasteiger partial charge in [-0.2, -0.15) is 0 Å². The van der Waals surface area contributed by atoms with E-state index in [-0.39, 0.29) is 12.4 Å². The molecule has 1 heterocycles. The summed E-state index contributed by atoms with van der Waals surface area (Å²) in [5.74, 6) is 0.800. The minimum Gasteiger partial charge on any atom is -0.493 e. The second-order valence-corrected chi connectivity index (χ2v) is 10.8. The molecule has 0 aliphatic rings. The fourth-order valence-corrected chi connectivity index (χ4v) is 5.67. The number of anilines is 1. The zero-order chi connectivity index (χ0) is 25.9. The first-order valence-electron chi connectivity index (χ1n) is 11.5. The summed E-state index contributed by atoms with van der Waals surface area (Å²) in [6.07, 6.45) is 0. The first-order chi connectivity index (χ1) is 17.9. The zero-order valence-electron chi connectivity index (χ0n) is 20.1. The van der Waals surface area contributed by atoms with Crippen molar-refractivity contribution in [1.82, 2.24) is 4.98 Å². The Morgan fingerprint density at radius 1 is 1.03 bits per heavy atom. The van der Waals surface area contributed by atoms with Crippen LogP contribution in [0.5, 0.6) is 11.5 Å². The highest BCUT2D eigenvalue weighted by Gasteiger charge is 2.16. The standard InChI is InChI=1S/C29H23BrClFN2O2S/c1-17-3-11-25-27(13-17)37-29(34-25)18-5-8-21(9-6-18)33-15-22-23(30)10-12-26(35-2)28(22)36-16-19-4-7-20(32)14-24(19)31/h3-14,33H,15-16H2,1-2H3. The van der Waals surface area contributed by atoms with Gasteiger partial charge in [-0.05, 0) is 73.2 Å². The van der Waals surface area contributed by atoms with Crippen LogP contribution in [0.3, 0.4) is 0 Å². The number of aromatic nitrogens is 1. The van der Waals surface area contributed by atoms with Gasteiger partial charge in [0, 0.05) is 33.4 Å². The Hall–Kier alpha value is -3.13. The Morgan fingerprint density at radius 3 is 2.59 bits per heavy atom. The number of thiazole rings is 1. The van der Waals surface area contributed by atoms with Crippen LogP contribution in [0.25, 0.3) is 20.8 Å². The van der Waals surface area contributed by atoms with Crippen LogP contribution in [-0.4, -0.2) is 12.1 Å². The summed E-state index contributed by atoms with van der Waals surface area (Å²) in [6.45, 7) is 2.76. The topological polar surface area (TPSA) is 43.4 Å². The van der Waals surface area contributed by atoms with Gasteiger partial charge in [0.2, 0.25) is 0 Å². The minimum atomic E-state index is -0.386. The molecule has 0 spiro atoms. The maximum absolute atomic E-state index is 13.4. The molecule has 8 heteroatoms. The van der Waals surface area contributed by atoms with E-state index < -0.39 is 0 Å². The largest absolute Gasteiger partial charge is 0.493 e. The molecule has 37 heavy (non-hydrogen) atoms. The van der Waals surface area contributed by atoms with E-state index in [4.69, 9.17) is 26.1 Å². The van der Waals surface area contributed by atoms with Crippen LogP contribution < -0.4 is 14.8 Å². The monoisotopic (exact) mass is 596 g/mol. The summed E-state index contributed by atoms with van der Waals surface area (Å²) in [5, 5.41) is 4.78. The Kier molecular flexibility index (Phi) is 7.65. The molecule has 0 unspecified atom stereocenters. The van der Waals surface area contributed by atoms with Gasteiger partial charge in [0.25, 0.3) is 0 Å². The number of hydrogen-bond donors (Lipinski definition) is 1.